The van der Waals surface area contributed by atoms with Gasteiger partial charge in [-0.15, -0.1) is 0 Å². The van der Waals surface area contributed by atoms with Gasteiger partial charge in [0.2, 0.25) is 0 Å². The third-order valence-corrected chi connectivity index (χ3v) is 1.69. The average molecular weight is 231 g/mol. The van der Waals surface area contributed by atoms with E-state index in [2.05, 4.69) is 4.99 Å². The fourth-order valence-corrected chi connectivity index (χ4v) is 0.984. The van der Waals surface area contributed by atoms with Crippen molar-refractivity contribution in [3.05, 3.63) is 35.4 Å². The second-order valence-electron chi connectivity index (χ2n) is 2.92. The third-order valence-electron chi connectivity index (χ3n) is 1.69. The van der Waals surface area contributed by atoms with Crippen LogP contribution in [0.25, 0.3) is 0 Å². The van der Waals surface area contributed by atoms with Gasteiger partial charge < -0.3 is 11.5 Å². The summed E-state index contributed by atoms with van der Waals surface area (Å²) in [4.78, 5) is 14.4. The first-order valence-corrected chi connectivity index (χ1v) is 4.12. The fraction of sp³-hybridized carbons (Fsp3) is 0.111. The van der Waals surface area contributed by atoms with E-state index in [1.165, 1.54) is 0 Å². The molecule has 1 rings (SSSR count). The first-order chi connectivity index (χ1) is 7.30. The number of carbonyl (C=O) groups excluding carboxylic acids is 1. The molecule has 4 nitrogen and oxygen atoms in total. The van der Waals surface area contributed by atoms with Crippen LogP contribution in [0.5, 0.6) is 0 Å². The number of amides is 1. The van der Waals surface area contributed by atoms with Crippen molar-refractivity contribution >= 4 is 11.9 Å². The summed E-state index contributed by atoms with van der Waals surface area (Å²) in [6, 6.07) is 3.60. The highest BCUT2D eigenvalue weighted by Gasteiger charge is 2.30. The van der Waals surface area contributed by atoms with Crippen LogP contribution in [-0.4, -0.2) is 11.9 Å². The smallest absolute Gasteiger partial charge is 0.370 e. The Hall–Kier alpha value is -2.05. The largest absolute Gasteiger partial charge is 0.416 e. The van der Waals surface area contributed by atoms with Gasteiger partial charge in [0.1, 0.15) is 0 Å². The van der Waals surface area contributed by atoms with Crippen molar-refractivity contribution in [2.75, 3.05) is 0 Å². The van der Waals surface area contributed by atoms with Gasteiger partial charge in [0.05, 0.1) is 5.56 Å². The Bertz CT molecular complexity index is 419. The number of aliphatic imine (C=N–C) groups is 1. The lowest BCUT2D eigenvalue weighted by atomic mass is 10.1. The summed E-state index contributed by atoms with van der Waals surface area (Å²) in [5.41, 5.74) is 9.06. The van der Waals surface area contributed by atoms with Crippen LogP contribution in [0.1, 0.15) is 15.9 Å². The van der Waals surface area contributed by atoms with Crippen LogP contribution in [0.4, 0.5) is 13.2 Å². The number of hydrogen-bond acceptors (Lipinski definition) is 1. The van der Waals surface area contributed by atoms with Crippen molar-refractivity contribution < 1.29 is 18.0 Å². The Labute approximate surface area is 88.8 Å². The zero-order chi connectivity index (χ0) is 12.3. The first kappa shape index (κ1) is 12.0. The SMILES string of the molecule is NC(N)=NC(=O)c1ccc(C(F)(F)F)cc1. The minimum atomic E-state index is -4.43. The van der Waals surface area contributed by atoms with E-state index in [1.807, 2.05) is 0 Å². The Morgan fingerprint density at radius 1 is 1.12 bits per heavy atom. The standard InChI is InChI=1S/C9H8F3N3O/c10-9(11,12)6-3-1-5(2-4-6)7(16)15-8(13)14/h1-4H,(H4,13,14,15,16). The molecule has 0 aromatic heterocycles. The predicted molar refractivity (Wildman–Crippen MR) is 51.6 cm³/mol. The molecule has 0 spiro atoms. The lowest BCUT2D eigenvalue weighted by molar-refractivity contribution is -0.137. The maximum absolute atomic E-state index is 12.2. The van der Waals surface area contributed by atoms with E-state index in [9.17, 15) is 18.0 Å². The van der Waals surface area contributed by atoms with Gasteiger partial charge in [-0.25, -0.2) is 0 Å². The molecule has 4 N–H and O–H groups in total. The van der Waals surface area contributed by atoms with Crippen LogP contribution in [0, 0.1) is 0 Å². The van der Waals surface area contributed by atoms with Crippen molar-refractivity contribution in [2.45, 2.75) is 6.18 Å². The molecule has 0 saturated heterocycles. The number of nitrogens with zero attached hydrogens (tertiary/aromatic N) is 1. The molecular formula is C9H8F3N3O. The quantitative estimate of drug-likeness (QED) is 0.561. The van der Waals surface area contributed by atoms with Gasteiger partial charge in [-0.05, 0) is 24.3 Å². The van der Waals surface area contributed by atoms with Crippen molar-refractivity contribution in [3.8, 4) is 0 Å². The molecule has 0 aliphatic carbocycles. The highest BCUT2D eigenvalue weighted by atomic mass is 19.4. The van der Waals surface area contributed by atoms with Gasteiger partial charge in [-0.1, -0.05) is 0 Å². The molecule has 1 aromatic rings. The van der Waals surface area contributed by atoms with Gasteiger partial charge in [-0.3, -0.25) is 4.79 Å². The maximum atomic E-state index is 12.2. The van der Waals surface area contributed by atoms with Crippen LogP contribution >= 0.6 is 0 Å². The predicted octanol–water partition coefficient (Wildman–Crippen LogP) is 1.12. The lowest BCUT2D eigenvalue weighted by Crippen LogP contribution is -2.24. The summed E-state index contributed by atoms with van der Waals surface area (Å²) in [5, 5.41) is 0. The maximum Gasteiger partial charge on any atom is 0.416 e. The minimum absolute atomic E-state index is 0.0126. The summed E-state index contributed by atoms with van der Waals surface area (Å²) < 4.78 is 36.5. The lowest BCUT2D eigenvalue weighted by Gasteiger charge is -2.06. The number of rotatable bonds is 1. The number of nitrogens with two attached hydrogens (primary N) is 2. The van der Waals surface area contributed by atoms with E-state index in [4.69, 9.17) is 11.5 Å². The summed E-state index contributed by atoms with van der Waals surface area (Å²) in [6.45, 7) is 0. The van der Waals surface area contributed by atoms with E-state index in [0.29, 0.717) is 0 Å². The fourth-order valence-electron chi connectivity index (χ4n) is 0.984. The van der Waals surface area contributed by atoms with Crippen LogP contribution < -0.4 is 11.5 Å². The second-order valence-corrected chi connectivity index (χ2v) is 2.92. The second kappa shape index (κ2) is 4.21. The minimum Gasteiger partial charge on any atom is -0.370 e. The van der Waals surface area contributed by atoms with Crippen molar-refractivity contribution in [1.82, 2.24) is 0 Å². The van der Waals surface area contributed by atoms with Gasteiger partial charge in [0, 0.05) is 5.56 Å². The zero-order valence-corrected chi connectivity index (χ0v) is 7.95. The summed E-state index contributed by atoms with van der Waals surface area (Å²) in [5.74, 6) is -1.22. The van der Waals surface area contributed by atoms with E-state index in [0.717, 1.165) is 24.3 Å². The molecule has 0 atom stereocenters. The molecule has 0 aliphatic rings. The average Bonchev–Trinajstić information content (AvgIpc) is 2.15. The van der Waals surface area contributed by atoms with Crippen LogP contribution in [-0.2, 0) is 6.18 Å². The molecule has 1 amide bonds. The van der Waals surface area contributed by atoms with Gasteiger partial charge in [-0.2, -0.15) is 18.2 Å². The number of hydrogen-bond donors (Lipinski definition) is 2. The van der Waals surface area contributed by atoms with E-state index >= 15 is 0 Å². The highest BCUT2D eigenvalue weighted by molar-refractivity contribution is 6.01. The molecule has 0 radical (unpaired) electrons. The summed E-state index contributed by atoms with van der Waals surface area (Å²) in [7, 11) is 0. The molecule has 0 bridgehead atoms. The molecular weight excluding hydrogens is 223 g/mol. The Morgan fingerprint density at radius 2 is 1.62 bits per heavy atom. The molecule has 16 heavy (non-hydrogen) atoms. The Balaban J connectivity index is 2.96. The molecule has 0 fully saturated rings. The summed E-state index contributed by atoms with van der Waals surface area (Å²) in [6.07, 6.45) is -4.43. The number of benzene rings is 1. The van der Waals surface area contributed by atoms with E-state index < -0.39 is 23.6 Å². The Morgan fingerprint density at radius 3 is 2.00 bits per heavy atom. The monoisotopic (exact) mass is 231 g/mol. The number of guanidine groups is 1. The Kier molecular flexibility index (Phi) is 3.17. The molecule has 0 aliphatic heterocycles. The molecule has 1 aromatic carbocycles. The van der Waals surface area contributed by atoms with Crippen LogP contribution in [0.15, 0.2) is 29.3 Å². The van der Waals surface area contributed by atoms with E-state index in [-0.39, 0.29) is 5.56 Å². The molecule has 7 heteroatoms. The van der Waals surface area contributed by atoms with Crippen LogP contribution in [0.2, 0.25) is 0 Å². The number of alkyl halides is 3. The highest BCUT2D eigenvalue weighted by Crippen LogP contribution is 2.29. The summed E-state index contributed by atoms with van der Waals surface area (Å²) >= 11 is 0. The van der Waals surface area contributed by atoms with Gasteiger partial charge in [0.15, 0.2) is 5.96 Å². The topological polar surface area (TPSA) is 81.5 Å². The van der Waals surface area contributed by atoms with Crippen molar-refractivity contribution in [2.24, 2.45) is 16.5 Å². The molecule has 86 valence electrons. The zero-order valence-electron chi connectivity index (χ0n) is 7.95. The van der Waals surface area contributed by atoms with Gasteiger partial charge in [0.25, 0.3) is 5.91 Å². The van der Waals surface area contributed by atoms with E-state index in [1.54, 1.807) is 0 Å². The van der Waals surface area contributed by atoms with Crippen molar-refractivity contribution in [3.63, 3.8) is 0 Å². The normalized spacial score (nSPS) is 10.9. The van der Waals surface area contributed by atoms with Crippen molar-refractivity contribution in [1.29, 1.82) is 0 Å². The molecule has 0 heterocycles. The molecule has 0 unspecified atom stereocenters. The number of carbonyl (C=O) groups is 1. The molecule has 0 saturated carbocycles. The van der Waals surface area contributed by atoms with Crippen LogP contribution in [0.3, 0.4) is 0 Å². The van der Waals surface area contributed by atoms with Gasteiger partial charge >= 0.3 is 6.18 Å². The number of halogens is 3. The first-order valence-electron chi connectivity index (χ1n) is 4.12. The third kappa shape index (κ3) is 2.97.